The van der Waals surface area contributed by atoms with Gasteiger partial charge in [0.25, 0.3) is 5.91 Å². The Morgan fingerprint density at radius 2 is 1.40 bits per heavy atom. The molecule has 0 aromatic heterocycles. The maximum Gasteiger partial charge on any atom is 0.259 e. The lowest BCUT2D eigenvalue weighted by Gasteiger charge is -2.13. The normalized spacial score (nSPS) is 10.3. The topological polar surface area (TPSA) is 66.0 Å². The summed E-state index contributed by atoms with van der Waals surface area (Å²) in [6, 6.07) is 23.9. The molecule has 0 aliphatic rings. The molecule has 0 fully saturated rings. The smallest absolute Gasteiger partial charge is 0.259 e. The summed E-state index contributed by atoms with van der Waals surface area (Å²) in [5, 5.41) is 2.88. The molecule has 3 aromatic rings. The van der Waals surface area contributed by atoms with Crippen molar-refractivity contribution < 1.29 is 23.7 Å². The third-order valence-corrected chi connectivity index (χ3v) is 4.13. The summed E-state index contributed by atoms with van der Waals surface area (Å²) in [5.74, 6) is 1.68. The molecule has 1 N–H and O–H groups in total. The van der Waals surface area contributed by atoms with E-state index >= 15 is 0 Å². The molecule has 0 radical (unpaired) electrons. The Morgan fingerprint density at radius 1 is 0.733 bits per heavy atom. The molecule has 0 saturated carbocycles. The Hall–Kier alpha value is -3.51. The van der Waals surface area contributed by atoms with Crippen LogP contribution in [0.3, 0.4) is 0 Å². The highest BCUT2D eigenvalue weighted by Crippen LogP contribution is 2.22. The van der Waals surface area contributed by atoms with Gasteiger partial charge in [-0.15, -0.1) is 0 Å². The minimum atomic E-state index is -0.261. The number of carbonyl (C=O) groups excluding carboxylic acids is 1. The molecule has 0 aliphatic heterocycles. The number of anilines is 1. The monoisotopic (exact) mass is 407 g/mol. The third-order valence-electron chi connectivity index (χ3n) is 4.13. The van der Waals surface area contributed by atoms with E-state index < -0.39 is 0 Å². The highest BCUT2D eigenvalue weighted by molar-refractivity contribution is 6.06. The molecule has 0 saturated heterocycles. The number of hydrogen-bond acceptors (Lipinski definition) is 5. The minimum absolute atomic E-state index is 0.261. The summed E-state index contributed by atoms with van der Waals surface area (Å²) in [5.41, 5.74) is 1.08. The highest BCUT2D eigenvalue weighted by atomic mass is 16.5. The predicted molar refractivity (Wildman–Crippen MR) is 116 cm³/mol. The van der Waals surface area contributed by atoms with Crippen molar-refractivity contribution in [3.05, 3.63) is 84.4 Å². The maximum atomic E-state index is 12.8. The molecule has 0 unspecified atom stereocenters. The van der Waals surface area contributed by atoms with Gasteiger partial charge >= 0.3 is 0 Å². The van der Waals surface area contributed by atoms with E-state index in [1.165, 1.54) is 0 Å². The number of amides is 1. The molecular formula is C24H25NO5. The molecule has 0 aliphatic carbocycles. The van der Waals surface area contributed by atoms with E-state index in [0.29, 0.717) is 49.2 Å². The Bertz CT molecular complexity index is 930. The molecule has 0 atom stereocenters. The van der Waals surface area contributed by atoms with Crippen LogP contribution < -0.4 is 19.5 Å². The van der Waals surface area contributed by atoms with Crippen molar-refractivity contribution in [2.75, 3.05) is 38.9 Å². The van der Waals surface area contributed by atoms with Crippen LogP contribution in [0.4, 0.5) is 5.69 Å². The van der Waals surface area contributed by atoms with Gasteiger partial charge in [-0.2, -0.15) is 0 Å². The Balaban J connectivity index is 1.56. The van der Waals surface area contributed by atoms with E-state index in [1.807, 2.05) is 48.5 Å². The predicted octanol–water partition coefficient (Wildman–Crippen LogP) is 4.42. The third kappa shape index (κ3) is 6.53. The number of ether oxygens (including phenoxy) is 4. The fourth-order valence-electron chi connectivity index (χ4n) is 2.71. The first-order chi connectivity index (χ1) is 14.8. The van der Waals surface area contributed by atoms with E-state index in [0.717, 1.165) is 5.75 Å². The molecule has 0 bridgehead atoms. The number of para-hydroxylation sites is 2. The average molecular weight is 407 g/mol. The van der Waals surface area contributed by atoms with Gasteiger partial charge in [-0.25, -0.2) is 0 Å². The van der Waals surface area contributed by atoms with Crippen molar-refractivity contribution in [1.82, 2.24) is 0 Å². The zero-order chi connectivity index (χ0) is 21.0. The summed E-state index contributed by atoms with van der Waals surface area (Å²) in [7, 11) is 1.62. The summed E-state index contributed by atoms with van der Waals surface area (Å²) in [6.07, 6.45) is 0. The van der Waals surface area contributed by atoms with E-state index in [4.69, 9.17) is 18.9 Å². The van der Waals surface area contributed by atoms with Crippen molar-refractivity contribution in [1.29, 1.82) is 0 Å². The van der Waals surface area contributed by atoms with Crippen LogP contribution in [0, 0.1) is 0 Å². The first-order valence-electron chi connectivity index (χ1n) is 9.69. The molecule has 1 amide bonds. The van der Waals surface area contributed by atoms with Crippen molar-refractivity contribution in [3.8, 4) is 17.2 Å². The van der Waals surface area contributed by atoms with Crippen molar-refractivity contribution in [2.24, 2.45) is 0 Å². The lowest BCUT2D eigenvalue weighted by molar-refractivity contribution is 0.102. The Morgan fingerprint density at radius 3 is 2.23 bits per heavy atom. The Kier molecular flexibility index (Phi) is 8.12. The van der Waals surface area contributed by atoms with Crippen LogP contribution in [-0.4, -0.2) is 39.4 Å². The lowest BCUT2D eigenvalue weighted by Crippen LogP contribution is -2.15. The van der Waals surface area contributed by atoms with Crippen molar-refractivity contribution in [3.63, 3.8) is 0 Å². The second kappa shape index (κ2) is 11.5. The molecule has 3 aromatic carbocycles. The van der Waals surface area contributed by atoms with Crippen LogP contribution >= 0.6 is 0 Å². The summed E-state index contributed by atoms with van der Waals surface area (Å²) in [4.78, 5) is 12.8. The van der Waals surface area contributed by atoms with Crippen molar-refractivity contribution in [2.45, 2.75) is 0 Å². The first kappa shape index (κ1) is 21.2. The quantitative estimate of drug-likeness (QED) is 0.477. The zero-order valence-electron chi connectivity index (χ0n) is 16.9. The van der Waals surface area contributed by atoms with Crippen LogP contribution in [0.25, 0.3) is 0 Å². The average Bonchev–Trinajstić information content (AvgIpc) is 2.78. The number of rotatable bonds is 11. The number of methoxy groups -OCH3 is 1. The van der Waals surface area contributed by atoms with Gasteiger partial charge in [-0.1, -0.05) is 36.4 Å². The van der Waals surface area contributed by atoms with Crippen LogP contribution in [0.1, 0.15) is 10.4 Å². The molecule has 6 heteroatoms. The number of nitrogens with one attached hydrogen (secondary N) is 1. The van der Waals surface area contributed by atoms with E-state index in [-0.39, 0.29) is 5.91 Å². The lowest BCUT2D eigenvalue weighted by atomic mass is 10.2. The molecule has 0 spiro atoms. The molecule has 0 heterocycles. The van der Waals surface area contributed by atoms with Crippen LogP contribution in [-0.2, 0) is 4.74 Å². The first-order valence-corrected chi connectivity index (χ1v) is 9.69. The van der Waals surface area contributed by atoms with Gasteiger partial charge in [-0.05, 0) is 36.4 Å². The van der Waals surface area contributed by atoms with E-state index in [9.17, 15) is 4.79 Å². The largest absolute Gasteiger partial charge is 0.491 e. The second-order valence-electron chi connectivity index (χ2n) is 6.33. The fraction of sp³-hybridized carbons (Fsp3) is 0.208. The molecule has 30 heavy (non-hydrogen) atoms. The summed E-state index contributed by atoms with van der Waals surface area (Å²) < 4.78 is 22.0. The summed E-state index contributed by atoms with van der Waals surface area (Å²) >= 11 is 0. The van der Waals surface area contributed by atoms with Crippen LogP contribution in [0.2, 0.25) is 0 Å². The standard InChI is InChI=1S/C24H25NO5/c1-27-14-15-29-21-11-7-8-19(18-21)25-24(26)22-12-5-6-13-23(22)30-17-16-28-20-9-3-2-4-10-20/h2-13,18H,14-17H2,1H3,(H,25,26). The minimum Gasteiger partial charge on any atom is -0.491 e. The fourth-order valence-corrected chi connectivity index (χ4v) is 2.71. The number of hydrogen-bond donors (Lipinski definition) is 1. The van der Waals surface area contributed by atoms with E-state index in [1.54, 1.807) is 37.4 Å². The van der Waals surface area contributed by atoms with Gasteiger partial charge in [0.2, 0.25) is 0 Å². The van der Waals surface area contributed by atoms with Gasteiger partial charge in [0, 0.05) is 18.9 Å². The van der Waals surface area contributed by atoms with Crippen molar-refractivity contribution >= 4 is 11.6 Å². The number of benzene rings is 3. The van der Waals surface area contributed by atoms with Gasteiger partial charge in [-0.3, -0.25) is 4.79 Å². The second-order valence-corrected chi connectivity index (χ2v) is 6.33. The van der Waals surface area contributed by atoms with Crippen LogP contribution in [0.5, 0.6) is 17.2 Å². The van der Waals surface area contributed by atoms with E-state index in [2.05, 4.69) is 5.32 Å². The molecule has 6 nitrogen and oxygen atoms in total. The molecule has 3 rings (SSSR count). The Labute approximate surface area is 176 Å². The maximum absolute atomic E-state index is 12.8. The van der Waals surface area contributed by atoms with Crippen LogP contribution in [0.15, 0.2) is 78.9 Å². The van der Waals surface area contributed by atoms with Gasteiger partial charge < -0.3 is 24.3 Å². The highest BCUT2D eigenvalue weighted by Gasteiger charge is 2.13. The molecule has 156 valence electrons. The van der Waals surface area contributed by atoms with Gasteiger partial charge in [0.15, 0.2) is 0 Å². The zero-order valence-corrected chi connectivity index (χ0v) is 16.9. The molecular weight excluding hydrogens is 382 g/mol. The van der Waals surface area contributed by atoms with Gasteiger partial charge in [0.05, 0.1) is 12.2 Å². The van der Waals surface area contributed by atoms with Gasteiger partial charge in [0.1, 0.15) is 37.1 Å². The SMILES string of the molecule is COCCOc1cccc(NC(=O)c2ccccc2OCCOc2ccccc2)c1. The summed E-state index contributed by atoms with van der Waals surface area (Å²) in [6.45, 7) is 1.63. The number of carbonyl (C=O) groups is 1.